The summed E-state index contributed by atoms with van der Waals surface area (Å²) >= 11 is 0. The van der Waals surface area contributed by atoms with Crippen LogP contribution >= 0.6 is 0 Å². The number of ether oxygens (including phenoxy) is 1. The van der Waals surface area contributed by atoms with E-state index < -0.39 is 0 Å². The van der Waals surface area contributed by atoms with Gasteiger partial charge in [0.2, 0.25) is 0 Å². The molecule has 0 aliphatic carbocycles. The first-order valence-electron chi connectivity index (χ1n) is 4.96. The van der Waals surface area contributed by atoms with E-state index in [-0.39, 0.29) is 5.97 Å². The highest BCUT2D eigenvalue weighted by atomic mass is 16.5. The Labute approximate surface area is 78.4 Å². The molecule has 0 saturated carbocycles. The normalized spacial score (nSPS) is 21.6. The molecule has 1 saturated heterocycles. The minimum Gasteiger partial charge on any atom is -0.429 e. The van der Waals surface area contributed by atoms with Gasteiger partial charge in [-0.25, -0.2) is 0 Å². The van der Waals surface area contributed by atoms with Crippen molar-refractivity contribution in [1.29, 1.82) is 0 Å². The minimum absolute atomic E-state index is 0.111. The molecule has 3 rings (SSSR count). The Hall–Kier alpha value is -0.990. The monoisotopic (exact) mass is 181 g/mol. The smallest absolute Gasteiger partial charge is 0.310 e. The molecule has 0 aromatic rings. The number of allylic oxidation sites excluding steroid dienone is 1. The molecule has 72 valence electrons. The maximum Gasteiger partial charge on any atom is 0.310 e. The zero-order chi connectivity index (χ0) is 9.26. The SMILES string of the molecule is CCC(=O)OC1=CN2CCC1CC2. The number of carbonyl (C=O) groups excluding carboxylic acids is 1. The van der Waals surface area contributed by atoms with Crippen molar-refractivity contribution < 1.29 is 9.53 Å². The second kappa shape index (κ2) is 3.40. The highest BCUT2D eigenvalue weighted by Gasteiger charge is 2.29. The van der Waals surface area contributed by atoms with Crippen LogP contribution in [-0.4, -0.2) is 24.0 Å². The standard InChI is InChI=1S/C10H15NO2/c1-2-10(12)13-9-7-11-5-3-8(9)4-6-11/h7-8H,2-6H2,1H3. The maximum absolute atomic E-state index is 11.1. The molecule has 3 heteroatoms. The van der Waals surface area contributed by atoms with Crippen LogP contribution in [0.25, 0.3) is 0 Å². The number of hydrogen-bond acceptors (Lipinski definition) is 3. The summed E-state index contributed by atoms with van der Waals surface area (Å²) in [4.78, 5) is 13.3. The molecule has 3 aliphatic heterocycles. The van der Waals surface area contributed by atoms with Crippen LogP contribution < -0.4 is 0 Å². The molecule has 0 amide bonds. The fraction of sp³-hybridized carbons (Fsp3) is 0.700. The third-order valence-corrected chi connectivity index (χ3v) is 2.76. The lowest BCUT2D eigenvalue weighted by molar-refractivity contribution is -0.140. The van der Waals surface area contributed by atoms with Gasteiger partial charge in [-0.2, -0.15) is 0 Å². The van der Waals surface area contributed by atoms with Crippen molar-refractivity contribution in [3.05, 3.63) is 12.0 Å². The third kappa shape index (κ3) is 1.69. The van der Waals surface area contributed by atoms with Gasteiger partial charge in [0.15, 0.2) is 0 Å². The average Bonchev–Trinajstić information content (AvgIpc) is 2.19. The lowest BCUT2D eigenvalue weighted by atomic mass is 9.91. The number of carbonyl (C=O) groups is 1. The highest BCUT2D eigenvalue weighted by molar-refractivity contribution is 5.70. The molecule has 0 atom stereocenters. The predicted molar refractivity (Wildman–Crippen MR) is 48.8 cm³/mol. The highest BCUT2D eigenvalue weighted by Crippen LogP contribution is 2.31. The maximum atomic E-state index is 11.1. The van der Waals surface area contributed by atoms with E-state index in [0.29, 0.717) is 12.3 Å². The second-order valence-corrected chi connectivity index (χ2v) is 3.67. The van der Waals surface area contributed by atoms with E-state index in [2.05, 4.69) is 4.90 Å². The molecule has 0 radical (unpaired) electrons. The van der Waals surface area contributed by atoms with E-state index in [9.17, 15) is 4.79 Å². The van der Waals surface area contributed by atoms with Crippen LogP contribution in [0.3, 0.4) is 0 Å². The van der Waals surface area contributed by atoms with Crippen molar-refractivity contribution in [2.45, 2.75) is 26.2 Å². The Bertz CT molecular complexity index is 239. The molecule has 3 heterocycles. The molecule has 0 N–H and O–H groups in total. The summed E-state index contributed by atoms with van der Waals surface area (Å²) in [5, 5.41) is 0. The molecular weight excluding hydrogens is 166 g/mol. The molecule has 0 aromatic heterocycles. The van der Waals surface area contributed by atoms with E-state index in [1.54, 1.807) is 0 Å². The first-order chi connectivity index (χ1) is 6.29. The predicted octanol–water partition coefficient (Wildman–Crippen LogP) is 1.51. The first kappa shape index (κ1) is 8.60. The fourth-order valence-electron chi connectivity index (χ4n) is 1.91. The van der Waals surface area contributed by atoms with Gasteiger partial charge >= 0.3 is 5.97 Å². The van der Waals surface area contributed by atoms with Gasteiger partial charge in [0, 0.05) is 31.6 Å². The topological polar surface area (TPSA) is 29.5 Å². The average molecular weight is 181 g/mol. The largest absolute Gasteiger partial charge is 0.429 e. The van der Waals surface area contributed by atoms with E-state index in [1.165, 1.54) is 0 Å². The molecular formula is C10H15NO2. The molecule has 0 unspecified atom stereocenters. The van der Waals surface area contributed by atoms with Gasteiger partial charge in [-0.15, -0.1) is 0 Å². The number of hydrogen-bond donors (Lipinski definition) is 0. The molecule has 1 fully saturated rings. The molecule has 3 nitrogen and oxygen atoms in total. The number of esters is 1. The third-order valence-electron chi connectivity index (χ3n) is 2.76. The van der Waals surface area contributed by atoms with Crippen molar-refractivity contribution in [2.24, 2.45) is 5.92 Å². The van der Waals surface area contributed by atoms with Crippen LogP contribution in [0.4, 0.5) is 0 Å². The van der Waals surface area contributed by atoms with Gasteiger partial charge in [0.05, 0.1) is 0 Å². The van der Waals surface area contributed by atoms with Gasteiger partial charge in [-0.1, -0.05) is 6.92 Å². The summed E-state index contributed by atoms with van der Waals surface area (Å²) in [5.41, 5.74) is 0. The summed E-state index contributed by atoms with van der Waals surface area (Å²) in [6.07, 6.45) is 4.75. The number of rotatable bonds is 2. The number of fused-ring (bicyclic) bond motifs is 2. The number of piperidine rings is 1. The summed E-state index contributed by atoms with van der Waals surface area (Å²) in [6, 6.07) is 0. The van der Waals surface area contributed by atoms with Crippen LogP contribution in [0.15, 0.2) is 12.0 Å². The Morgan fingerprint density at radius 3 is 2.77 bits per heavy atom. The van der Waals surface area contributed by atoms with Gasteiger partial charge < -0.3 is 9.64 Å². The lowest BCUT2D eigenvalue weighted by Gasteiger charge is -2.37. The van der Waals surface area contributed by atoms with E-state index in [4.69, 9.17) is 4.74 Å². The van der Waals surface area contributed by atoms with Crippen LogP contribution in [0.5, 0.6) is 0 Å². The summed E-state index contributed by atoms with van der Waals surface area (Å²) in [5.74, 6) is 1.28. The first-order valence-corrected chi connectivity index (χ1v) is 4.96. The van der Waals surface area contributed by atoms with Crippen LogP contribution in [0.2, 0.25) is 0 Å². The van der Waals surface area contributed by atoms with Gasteiger partial charge in [-0.3, -0.25) is 4.79 Å². The minimum atomic E-state index is -0.111. The second-order valence-electron chi connectivity index (χ2n) is 3.67. The Morgan fingerprint density at radius 2 is 2.31 bits per heavy atom. The van der Waals surface area contributed by atoms with Gasteiger partial charge in [0.1, 0.15) is 5.76 Å². The summed E-state index contributed by atoms with van der Waals surface area (Å²) < 4.78 is 5.25. The van der Waals surface area contributed by atoms with Gasteiger partial charge in [0.25, 0.3) is 0 Å². The van der Waals surface area contributed by atoms with Gasteiger partial charge in [-0.05, 0) is 12.8 Å². The molecule has 2 bridgehead atoms. The zero-order valence-corrected chi connectivity index (χ0v) is 7.95. The molecule has 0 aromatic carbocycles. The zero-order valence-electron chi connectivity index (χ0n) is 7.95. The molecule has 3 aliphatic rings. The summed E-state index contributed by atoms with van der Waals surface area (Å²) in [7, 11) is 0. The fourth-order valence-corrected chi connectivity index (χ4v) is 1.91. The van der Waals surface area contributed by atoms with Crippen LogP contribution in [-0.2, 0) is 9.53 Å². The van der Waals surface area contributed by atoms with Crippen molar-refractivity contribution in [1.82, 2.24) is 4.90 Å². The van der Waals surface area contributed by atoms with Crippen molar-refractivity contribution in [3.8, 4) is 0 Å². The Balaban J connectivity index is 2.03. The van der Waals surface area contributed by atoms with Crippen molar-refractivity contribution in [2.75, 3.05) is 13.1 Å². The summed E-state index contributed by atoms with van der Waals surface area (Å²) in [6.45, 7) is 4.07. The van der Waals surface area contributed by atoms with Crippen molar-refractivity contribution in [3.63, 3.8) is 0 Å². The molecule has 13 heavy (non-hydrogen) atoms. The number of nitrogens with zero attached hydrogens (tertiary/aromatic N) is 1. The van der Waals surface area contributed by atoms with E-state index in [1.807, 2.05) is 13.1 Å². The van der Waals surface area contributed by atoms with E-state index in [0.717, 1.165) is 31.7 Å². The van der Waals surface area contributed by atoms with Crippen molar-refractivity contribution >= 4 is 5.97 Å². The lowest BCUT2D eigenvalue weighted by Crippen LogP contribution is -2.37. The quantitative estimate of drug-likeness (QED) is 0.605. The Morgan fingerprint density at radius 1 is 1.62 bits per heavy atom. The van der Waals surface area contributed by atoms with Crippen LogP contribution in [0, 0.1) is 5.92 Å². The Kier molecular flexibility index (Phi) is 2.25. The van der Waals surface area contributed by atoms with E-state index >= 15 is 0 Å². The molecule has 0 spiro atoms. The van der Waals surface area contributed by atoms with Crippen LogP contribution in [0.1, 0.15) is 26.2 Å².